The summed E-state index contributed by atoms with van der Waals surface area (Å²) in [4.78, 5) is 9.03. The molecule has 7 heteroatoms. The summed E-state index contributed by atoms with van der Waals surface area (Å²) < 4.78 is 6.50. The summed E-state index contributed by atoms with van der Waals surface area (Å²) in [5.41, 5.74) is 17.9. The van der Waals surface area contributed by atoms with Gasteiger partial charge in [-0.15, -0.1) is 0 Å². The lowest BCUT2D eigenvalue weighted by Gasteiger charge is -2.38. The van der Waals surface area contributed by atoms with Crippen LogP contribution in [0.15, 0.2) is 18.5 Å². The molecule has 0 radical (unpaired) electrons. The van der Waals surface area contributed by atoms with Crippen molar-refractivity contribution in [3.8, 4) is 17.0 Å². The van der Waals surface area contributed by atoms with Crippen molar-refractivity contribution < 1.29 is 9.84 Å². The number of ether oxygens (including phenoxy) is 1. The van der Waals surface area contributed by atoms with E-state index in [4.69, 9.17) is 21.2 Å². The molecule has 1 aromatic carbocycles. The Labute approximate surface area is 183 Å². The summed E-state index contributed by atoms with van der Waals surface area (Å²) in [7, 11) is 0. The van der Waals surface area contributed by atoms with Crippen LogP contribution in [-0.2, 0) is 11.8 Å². The lowest BCUT2D eigenvalue weighted by Crippen LogP contribution is -2.33. The minimum atomic E-state index is -0.0143. The largest absolute Gasteiger partial charge is 0.488 e. The van der Waals surface area contributed by atoms with Crippen LogP contribution in [0.1, 0.15) is 62.5 Å². The summed E-state index contributed by atoms with van der Waals surface area (Å²) in [5, 5.41) is 13.0. The number of hydrogen-bond donors (Lipinski definition) is 4. The predicted octanol–water partition coefficient (Wildman–Crippen LogP) is 3.15. The van der Waals surface area contributed by atoms with Crippen LogP contribution >= 0.6 is 0 Å². The van der Waals surface area contributed by atoms with Crippen LogP contribution in [0.4, 0.5) is 11.5 Å². The fraction of sp³-hybridized carbons (Fsp3) is 0.583. The number of nitrogens with two attached hydrogens (primary N) is 2. The molecule has 1 heterocycles. The Kier molecular flexibility index (Phi) is 5.48. The van der Waals surface area contributed by atoms with Crippen molar-refractivity contribution in [1.82, 2.24) is 9.97 Å². The van der Waals surface area contributed by atoms with Gasteiger partial charge in [0.25, 0.3) is 0 Å². The van der Waals surface area contributed by atoms with E-state index in [-0.39, 0.29) is 18.1 Å². The quantitative estimate of drug-likeness (QED) is 0.583. The van der Waals surface area contributed by atoms with Crippen LogP contribution in [0, 0.1) is 0 Å². The van der Waals surface area contributed by atoms with Crippen molar-refractivity contribution in [2.45, 2.75) is 75.3 Å². The topological polar surface area (TPSA) is 119 Å². The first kappa shape index (κ1) is 20.5. The molecule has 7 nitrogen and oxygen atoms in total. The molecule has 0 unspecified atom stereocenters. The highest BCUT2D eigenvalue weighted by Gasteiger charge is 2.44. The van der Waals surface area contributed by atoms with Crippen molar-refractivity contribution in [3.63, 3.8) is 0 Å². The zero-order chi connectivity index (χ0) is 21.4. The van der Waals surface area contributed by atoms with Crippen molar-refractivity contribution >= 4 is 11.5 Å². The predicted molar refractivity (Wildman–Crippen MR) is 122 cm³/mol. The van der Waals surface area contributed by atoms with Gasteiger partial charge >= 0.3 is 0 Å². The number of aliphatic hydroxyl groups is 1. The van der Waals surface area contributed by atoms with Crippen molar-refractivity contribution in [2.24, 2.45) is 5.73 Å². The zero-order valence-corrected chi connectivity index (χ0v) is 18.1. The second-order valence-corrected chi connectivity index (χ2v) is 9.42. The monoisotopic (exact) mass is 423 g/mol. The Morgan fingerprint density at radius 1 is 1.13 bits per heavy atom. The molecule has 0 amide bonds. The molecular weight excluding hydrogens is 390 g/mol. The van der Waals surface area contributed by atoms with Crippen LogP contribution in [0.2, 0.25) is 0 Å². The van der Waals surface area contributed by atoms with Gasteiger partial charge < -0.3 is 26.6 Å². The van der Waals surface area contributed by atoms with Crippen LogP contribution in [-0.4, -0.2) is 40.4 Å². The highest BCUT2D eigenvalue weighted by molar-refractivity contribution is 5.83. The molecule has 3 aliphatic carbocycles. The van der Waals surface area contributed by atoms with E-state index in [2.05, 4.69) is 16.4 Å². The van der Waals surface area contributed by atoms with Crippen LogP contribution in [0.25, 0.3) is 11.3 Å². The lowest BCUT2D eigenvalue weighted by molar-refractivity contribution is 0.148. The number of anilines is 2. The van der Waals surface area contributed by atoms with Gasteiger partial charge in [-0.2, -0.15) is 0 Å². The molecule has 2 aromatic rings. The number of fused-ring (bicyclic) bond motifs is 4. The second kappa shape index (κ2) is 8.28. The lowest BCUT2D eigenvalue weighted by atomic mass is 9.67. The zero-order valence-electron chi connectivity index (χ0n) is 18.1. The van der Waals surface area contributed by atoms with Gasteiger partial charge in [-0.05, 0) is 62.6 Å². The number of benzene rings is 1. The summed E-state index contributed by atoms with van der Waals surface area (Å²) in [6.45, 7) is 0.548. The molecule has 0 saturated heterocycles. The maximum atomic E-state index is 9.52. The first-order chi connectivity index (χ1) is 15.1. The van der Waals surface area contributed by atoms with Gasteiger partial charge in [0.15, 0.2) is 0 Å². The molecule has 2 fully saturated rings. The number of aromatic nitrogens is 2. The molecule has 6 N–H and O–H groups in total. The van der Waals surface area contributed by atoms with Crippen molar-refractivity contribution in [3.05, 3.63) is 29.6 Å². The fourth-order valence-corrected chi connectivity index (χ4v) is 5.92. The highest BCUT2D eigenvalue weighted by Crippen LogP contribution is 2.54. The molecule has 0 bridgehead atoms. The summed E-state index contributed by atoms with van der Waals surface area (Å²) in [6, 6.07) is 4.46. The maximum Gasteiger partial charge on any atom is 0.143 e. The van der Waals surface area contributed by atoms with Gasteiger partial charge in [0.1, 0.15) is 17.9 Å². The summed E-state index contributed by atoms with van der Waals surface area (Å²) in [6.07, 6.45) is 11.2. The van der Waals surface area contributed by atoms with E-state index >= 15 is 0 Å². The molecule has 0 aliphatic heterocycles. The molecule has 0 atom stereocenters. The van der Waals surface area contributed by atoms with E-state index in [0.29, 0.717) is 18.4 Å². The normalized spacial score (nSPS) is 23.9. The molecule has 3 aliphatic rings. The number of aliphatic hydroxyl groups excluding tert-OH is 1. The second-order valence-electron chi connectivity index (χ2n) is 9.42. The smallest absolute Gasteiger partial charge is 0.143 e. The first-order valence-corrected chi connectivity index (χ1v) is 11.7. The number of rotatable bonds is 5. The number of hydrogen-bond acceptors (Lipinski definition) is 7. The SMILES string of the molecule is Nc1ncnc2c1C1(CCCC1)Cc1c-2ccc(OC2CCC(N)CC2)c1NCCO. The molecule has 166 valence electrons. The average molecular weight is 424 g/mol. The molecule has 1 spiro atoms. The number of nitrogens with one attached hydrogen (secondary N) is 1. The van der Waals surface area contributed by atoms with Crippen molar-refractivity contribution in [1.29, 1.82) is 0 Å². The third-order valence-electron chi connectivity index (χ3n) is 7.44. The Morgan fingerprint density at radius 2 is 1.90 bits per heavy atom. The van der Waals surface area contributed by atoms with Gasteiger partial charge in [0, 0.05) is 29.1 Å². The summed E-state index contributed by atoms with van der Waals surface area (Å²) in [5.74, 6) is 1.48. The number of nitrogen functional groups attached to an aromatic ring is 1. The average Bonchev–Trinajstić information content (AvgIpc) is 3.23. The van der Waals surface area contributed by atoms with Gasteiger partial charge in [0.2, 0.25) is 0 Å². The Bertz CT molecular complexity index is 949. The third kappa shape index (κ3) is 3.64. The molecule has 31 heavy (non-hydrogen) atoms. The summed E-state index contributed by atoms with van der Waals surface area (Å²) >= 11 is 0. The van der Waals surface area contributed by atoms with E-state index in [1.165, 1.54) is 18.4 Å². The maximum absolute atomic E-state index is 9.52. The van der Waals surface area contributed by atoms with E-state index < -0.39 is 0 Å². The Balaban J connectivity index is 1.59. The minimum absolute atomic E-state index is 0.0143. The molecule has 1 aromatic heterocycles. The molecular formula is C24H33N5O2. The third-order valence-corrected chi connectivity index (χ3v) is 7.44. The highest BCUT2D eigenvalue weighted by atomic mass is 16.5. The van der Waals surface area contributed by atoms with E-state index in [1.54, 1.807) is 6.33 Å². The Hall–Kier alpha value is -2.38. The molecule has 5 rings (SSSR count). The van der Waals surface area contributed by atoms with Crippen LogP contribution in [0.3, 0.4) is 0 Å². The van der Waals surface area contributed by atoms with E-state index in [0.717, 1.165) is 73.2 Å². The van der Waals surface area contributed by atoms with E-state index in [9.17, 15) is 5.11 Å². The van der Waals surface area contributed by atoms with Crippen molar-refractivity contribution in [2.75, 3.05) is 24.2 Å². The number of nitrogens with zero attached hydrogens (tertiary/aromatic N) is 2. The van der Waals surface area contributed by atoms with Crippen LogP contribution in [0.5, 0.6) is 5.75 Å². The first-order valence-electron chi connectivity index (χ1n) is 11.7. The standard InChI is InChI=1S/C24H33N5O2/c25-15-3-5-16(6-4-15)31-19-8-7-17-18(21(19)27-11-12-30)13-24(9-1-2-10-24)20-22(17)28-14-29-23(20)26/h7-8,14-16,27,30H,1-6,9-13,25H2,(H2,26,28,29). The Morgan fingerprint density at radius 3 is 2.65 bits per heavy atom. The van der Waals surface area contributed by atoms with Gasteiger partial charge in [0.05, 0.1) is 24.1 Å². The van der Waals surface area contributed by atoms with Gasteiger partial charge in [-0.1, -0.05) is 12.8 Å². The fourth-order valence-electron chi connectivity index (χ4n) is 5.92. The van der Waals surface area contributed by atoms with E-state index in [1.807, 2.05) is 6.07 Å². The van der Waals surface area contributed by atoms with Crippen LogP contribution < -0.4 is 21.5 Å². The minimum Gasteiger partial charge on any atom is -0.488 e. The van der Waals surface area contributed by atoms with Gasteiger partial charge in [-0.25, -0.2) is 9.97 Å². The molecule has 2 saturated carbocycles. The van der Waals surface area contributed by atoms with Gasteiger partial charge in [-0.3, -0.25) is 0 Å².